The normalized spacial score (nSPS) is 19.8. The van der Waals surface area contributed by atoms with E-state index in [9.17, 15) is 14.7 Å². The van der Waals surface area contributed by atoms with Crippen molar-refractivity contribution in [1.82, 2.24) is 4.98 Å². The standard InChI is InChI=1S/C22H15ClN2O3/c23-16-5-6-18-19(9-16)25(17-2-1-7-24-12-17)21(28)22(18)10-14-4-3-13(20(26)27)8-15(14)11-22/h1-9,12H,10-11H2,(H,26,27). The van der Waals surface area contributed by atoms with Gasteiger partial charge < -0.3 is 5.11 Å². The van der Waals surface area contributed by atoms with Crippen molar-refractivity contribution >= 4 is 34.9 Å². The number of pyridine rings is 1. The summed E-state index contributed by atoms with van der Waals surface area (Å²) < 4.78 is 0. The van der Waals surface area contributed by atoms with Gasteiger partial charge in [0.1, 0.15) is 0 Å². The first-order valence-electron chi connectivity index (χ1n) is 8.89. The maximum atomic E-state index is 13.7. The van der Waals surface area contributed by atoms with E-state index in [0.717, 1.165) is 22.4 Å². The van der Waals surface area contributed by atoms with Crippen LogP contribution in [0.5, 0.6) is 0 Å². The summed E-state index contributed by atoms with van der Waals surface area (Å²) in [5.74, 6) is -1.00. The lowest BCUT2D eigenvalue weighted by molar-refractivity contribution is -0.122. The summed E-state index contributed by atoms with van der Waals surface area (Å²) in [4.78, 5) is 30.9. The molecule has 2 aromatic carbocycles. The van der Waals surface area contributed by atoms with Crippen LogP contribution in [0.4, 0.5) is 11.4 Å². The highest BCUT2D eigenvalue weighted by Gasteiger charge is 2.54. The van der Waals surface area contributed by atoms with Gasteiger partial charge in [-0.05, 0) is 65.9 Å². The second-order valence-electron chi connectivity index (χ2n) is 7.24. The predicted octanol–water partition coefficient (Wildman–Crippen LogP) is 4.15. The summed E-state index contributed by atoms with van der Waals surface area (Å²) in [5, 5.41) is 9.86. The molecule has 0 bridgehead atoms. The minimum atomic E-state index is -0.967. The van der Waals surface area contributed by atoms with Gasteiger partial charge in [0, 0.05) is 11.2 Å². The largest absolute Gasteiger partial charge is 0.478 e. The van der Waals surface area contributed by atoms with Crippen LogP contribution >= 0.6 is 11.6 Å². The first-order valence-corrected chi connectivity index (χ1v) is 9.27. The van der Waals surface area contributed by atoms with Crippen molar-refractivity contribution in [2.24, 2.45) is 0 Å². The number of anilines is 2. The number of fused-ring (bicyclic) bond motifs is 3. The quantitative estimate of drug-likeness (QED) is 0.713. The molecular weight excluding hydrogens is 376 g/mol. The average molecular weight is 391 g/mol. The summed E-state index contributed by atoms with van der Waals surface area (Å²) in [5.41, 5.74) is 3.76. The number of benzene rings is 2. The van der Waals surface area contributed by atoms with Crippen LogP contribution in [-0.4, -0.2) is 22.0 Å². The number of carbonyl (C=O) groups excluding carboxylic acids is 1. The van der Waals surface area contributed by atoms with Crippen LogP contribution in [-0.2, 0) is 23.1 Å². The number of carboxylic acids is 1. The predicted molar refractivity (Wildman–Crippen MR) is 105 cm³/mol. The van der Waals surface area contributed by atoms with Gasteiger partial charge in [0.05, 0.1) is 28.6 Å². The van der Waals surface area contributed by atoms with Gasteiger partial charge in [-0.15, -0.1) is 0 Å². The minimum Gasteiger partial charge on any atom is -0.478 e. The summed E-state index contributed by atoms with van der Waals surface area (Å²) in [6, 6.07) is 14.3. The monoisotopic (exact) mass is 390 g/mol. The number of hydrogen-bond donors (Lipinski definition) is 1. The Balaban J connectivity index is 1.67. The van der Waals surface area contributed by atoms with Gasteiger partial charge in [0.25, 0.3) is 0 Å². The Morgan fingerprint density at radius 3 is 2.68 bits per heavy atom. The molecule has 1 aromatic heterocycles. The van der Waals surface area contributed by atoms with Gasteiger partial charge in [-0.25, -0.2) is 4.79 Å². The van der Waals surface area contributed by atoms with Crippen molar-refractivity contribution in [1.29, 1.82) is 0 Å². The second kappa shape index (κ2) is 5.91. The molecule has 2 aliphatic rings. The van der Waals surface area contributed by atoms with Gasteiger partial charge in [-0.1, -0.05) is 23.7 Å². The molecule has 5 nitrogen and oxygen atoms in total. The first kappa shape index (κ1) is 17.0. The van der Waals surface area contributed by atoms with Crippen LogP contribution in [0.15, 0.2) is 60.9 Å². The number of carboxylic acid groups (broad SMARTS) is 1. The molecule has 0 fully saturated rings. The fourth-order valence-corrected chi connectivity index (χ4v) is 4.59. The fraction of sp³-hybridized carbons (Fsp3) is 0.136. The van der Waals surface area contributed by atoms with Crippen molar-refractivity contribution in [3.8, 4) is 0 Å². The van der Waals surface area contributed by atoms with Gasteiger partial charge in [-0.2, -0.15) is 0 Å². The molecule has 28 heavy (non-hydrogen) atoms. The van der Waals surface area contributed by atoms with Crippen molar-refractivity contribution in [3.63, 3.8) is 0 Å². The van der Waals surface area contributed by atoms with Crippen molar-refractivity contribution in [2.45, 2.75) is 18.3 Å². The third-order valence-corrected chi connectivity index (χ3v) is 5.91. The smallest absolute Gasteiger partial charge is 0.335 e. The molecule has 138 valence electrons. The van der Waals surface area contributed by atoms with Gasteiger partial charge in [0.15, 0.2) is 0 Å². The molecule has 1 aliphatic heterocycles. The number of nitrogens with zero attached hydrogens (tertiary/aromatic N) is 2. The number of rotatable bonds is 2. The van der Waals surface area contributed by atoms with Gasteiger partial charge in [-0.3, -0.25) is 14.7 Å². The zero-order valence-corrected chi connectivity index (χ0v) is 15.5. The lowest BCUT2D eigenvalue weighted by Gasteiger charge is -2.23. The Hall–Kier alpha value is -3.18. The van der Waals surface area contributed by atoms with Gasteiger partial charge in [0.2, 0.25) is 5.91 Å². The van der Waals surface area contributed by atoms with Crippen molar-refractivity contribution in [3.05, 3.63) is 88.2 Å². The zero-order valence-electron chi connectivity index (χ0n) is 14.7. The van der Waals surface area contributed by atoms with E-state index < -0.39 is 11.4 Å². The third kappa shape index (κ3) is 2.29. The Labute approximate surface area is 166 Å². The summed E-state index contributed by atoms with van der Waals surface area (Å²) in [6.07, 6.45) is 4.32. The number of carbonyl (C=O) groups is 2. The highest BCUT2D eigenvalue weighted by molar-refractivity contribution is 6.31. The molecule has 1 unspecified atom stereocenters. The van der Waals surface area contributed by atoms with E-state index >= 15 is 0 Å². The molecule has 0 saturated carbocycles. The Morgan fingerprint density at radius 2 is 1.93 bits per heavy atom. The SMILES string of the molecule is O=C(O)c1ccc2c(c1)CC1(C2)C(=O)N(c2cccnc2)c2cc(Cl)ccc21. The third-order valence-electron chi connectivity index (χ3n) is 5.67. The maximum absolute atomic E-state index is 13.7. The number of halogens is 1. The van der Waals surface area contributed by atoms with Gasteiger partial charge >= 0.3 is 5.97 Å². The Bertz CT molecular complexity index is 1150. The first-order chi connectivity index (χ1) is 13.5. The molecule has 1 spiro atoms. The number of hydrogen-bond acceptors (Lipinski definition) is 3. The molecular formula is C22H15ClN2O3. The van der Waals surface area contributed by atoms with Crippen LogP contribution < -0.4 is 4.90 Å². The number of aromatic nitrogens is 1. The molecule has 3 aromatic rings. The molecule has 6 heteroatoms. The lowest BCUT2D eigenvalue weighted by atomic mass is 9.79. The molecule has 2 heterocycles. The van der Waals surface area contributed by atoms with Crippen LogP contribution in [0.1, 0.15) is 27.0 Å². The van der Waals surface area contributed by atoms with Crippen LogP contribution in [0.3, 0.4) is 0 Å². The molecule has 1 N–H and O–H groups in total. The second-order valence-corrected chi connectivity index (χ2v) is 7.67. The number of aromatic carboxylic acids is 1. The Kier molecular flexibility index (Phi) is 3.58. The van der Waals surface area contributed by atoms with E-state index in [1.54, 1.807) is 41.6 Å². The van der Waals surface area contributed by atoms with E-state index in [2.05, 4.69) is 4.98 Å². The van der Waals surface area contributed by atoms with E-state index in [4.69, 9.17) is 11.6 Å². The molecule has 1 amide bonds. The summed E-state index contributed by atoms with van der Waals surface area (Å²) in [7, 11) is 0. The van der Waals surface area contributed by atoms with Crippen LogP contribution in [0.2, 0.25) is 5.02 Å². The van der Waals surface area contributed by atoms with Crippen LogP contribution in [0, 0.1) is 0 Å². The van der Waals surface area contributed by atoms with Crippen LogP contribution in [0.25, 0.3) is 0 Å². The average Bonchev–Trinajstić information content (AvgIpc) is 3.18. The van der Waals surface area contributed by atoms with Crippen molar-refractivity contribution in [2.75, 3.05) is 4.90 Å². The molecule has 1 atom stereocenters. The number of amides is 1. The molecule has 0 saturated heterocycles. The van der Waals surface area contributed by atoms with E-state index in [1.807, 2.05) is 24.3 Å². The van der Waals surface area contributed by atoms with E-state index in [-0.39, 0.29) is 11.5 Å². The van der Waals surface area contributed by atoms with E-state index in [1.165, 1.54) is 0 Å². The summed E-state index contributed by atoms with van der Waals surface area (Å²) >= 11 is 6.24. The van der Waals surface area contributed by atoms with Crippen molar-refractivity contribution < 1.29 is 14.7 Å². The fourth-order valence-electron chi connectivity index (χ4n) is 4.43. The van der Waals surface area contributed by atoms with E-state index in [0.29, 0.717) is 23.6 Å². The molecule has 0 radical (unpaired) electrons. The summed E-state index contributed by atoms with van der Waals surface area (Å²) in [6.45, 7) is 0. The topological polar surface area (TPSA) is 70.5 Å². The minimum absolute atomic E-state index is 0.0363. The maximum Gasteiger partial charge on any atom is 0.335 e. The lowest BCUT2D eigenvalue weighted by Crippen LogP contribution is -2.39. The molecule has 5 rings (SSSR count). The highest BCUT2D eigenvalue weighted by atomic mass is 35.5. The Morgan fingerprint density at radius 1 is 1.11 bits per heavy atom. The highest BCUT2D eigenvalue weighted by Crippen LogP contribution is 2.52. The molecule has 1 aliphatic carbocycles. The zero-order chi connectivity index (χ0) is 19.5.